The van der Waals surface area contributed by atoms with Gasteiger partial charge in [0.25, 0.3) is 5.91 Å². The number of aliphatic hydroxyl groups excluding tert-OH is 1. The summed E-state index contributed by atoms with van der Waals surface area (Å²) in [5, 5.41) is 10.6. The first-order valence-corrected chi connectivity index (χ1v) is 7.83. The highest BCUT2D eigenvalue weighted by Gasteiger charge is 2.16. The van der Waals surface area contributed by atoms with Crippen molar-refractivity contribution in [3.8, 4) is 11.5 Å². The largest absolute Gasteiger partial charge is 0.497 e. The zero-order valence-electron chi connectivity index (χ0n) is 13.6. The topological polar surface area (TPSA) is 59.0 Å². The van der Waals surface area contributed by atoms with Gasteiger partial charge in [-0.1, -0.05) is 11.6 Å². The maximum absolute atomic E-state index is 12.3. The van der Waals surface area contributed by atoms with Crippen molar-refractivity contribution in [3.63, 3.8) is 0 Å². The predicted molar refractivity (Wildman–Crippen MR) is 92.9 cm³/mol. The zero-order chi connectivity index (χ0) is 17.5. The average molecular weight is 350 g/mol. The molecule has 0 aliphatic heterocycles. The van der Waals surface area contributed by atoms with Crippen LogP contribution in [0.25, 0.3) is 0 Å². The van der Waals surface area contributed by atoms with Gasteiger partial charge >= 0.3 is 0 Å². The van der Waals surface area contributed by atoms with E-state index in [1.807, 2.05) is 0 Å². The molecule has 1 N–H and O–H groups in total. The number of amides is 1. The third kappa shape index (κ3) is 5.15. The van der Waals surface area contributed by atoms with E-state index in [2.05, 4.69) is 0 Å². The first-order valence-electron chi connectivity index (χ1n) is 7.45. The van der Waals surface area contributed by atoms with Gasteiger partial charge in [0.15, 0.2) is 0 Å². The number of carbonyl (C=O) groups is 1. The molecule has 0 heterocycles. The van der Waals surface area contributed by atoms with Crippen LogP contribution in [0.5, 0.6) is 11.5 Å². The Bertz CT molecular complexity index is 658. The molecule has 0 bridgehead atoms. The minimum Gasteiger partial charge on any atom is -0.497 e. The summed E-state index contributed by atoms with van der Waals surface area (Å²) in [5.74, 6) is 1.17. The number of benzene rings is 2. The number of rotatable bonds is 7. The molecule has 0 fully saturated rings. The number of halogens is 1. The van der Waals surface area contributed by atoms with Crippen molar-refractivity contribution >= 4 is 17.5 Å². The molecule has 2 aromatic rings. The average Bonchev–Trinajstić information content (AvgIpc) is 2.60. The molecule has 0 saturated heterocycles. The fourth-order valence-corrected chi connectivity index (χ4v) is 2.25. The Balaban J connectivity index is 1.83. The van der Waals surface area contributed by atoms with E-state index in [9.17, 15) is 9.90 Å². The molecule has 24 heavy (non-hydrogen) atoms. The van der Waals surface area contributed by atoms with Crippen LogP contribution >= 0.6 is 11.6 Å². The van der Waals surface area contributed by atoms with Crippen molar-refractivity contribution in [2.24, 2.45) is 0 Å². The number of nitrogens with zero attached hydrogens (tertiary/aromatic N) is 1. The van der Waals surface area contributed by atoms with Crippen LogP contribution in [0.15, 0.2) is 48.5 Å². The van der Waals surface area contributed by atoms with Gasteiger partial charge in [0, 0.05) is 24.2 Å². The Hall–Kier alpha value is -2.24. The summed E-state index contributed by atoms with van der Waals surface area (Å²) in [5.41, 5.74) is 0.519. The Kier molecular flexibility index (Phi) is 6.46. The van der Waals surface area contributed by atoms with Crippen molar-refractivity contribution in [1.29, 1.82) is 0 Å². The molecule has 0 radical (unpaired) electrons. The van der Waals surface area contributed by atoms with Crippen LogP contribution in [0.1, 0.15) is 10.4 Å². The molecule has 5 nitrogen and oxygen atoms in total. The molecule has 2 aromatic carbocycles. The lowest BCUT2D eigenvalue weighted by atomic mass is 10.2. The van der Waals surface area contributed by atoms with Crippen LogP contribution in [-0.2, 0) is 0 Å². The monoisotopic (exact) mass is 349 g/mol. The molecule has 1 amide bonds. The highest BCUT2D eigenvalue weighted by Crippen LogP contribution is 2.17. The Morgan fingerprint density at radius 2 is 1.71 bits per heavy atom. The van der Waals surface area contributed by atoms with Crippen molar-refractivity contribution in [3.05, 3.63) is 59.1 Å². The normalized spacial score (nSPS) is 11.7. The summed E-state index contributed by atoms with van der Waals surface area (Å²) in [6.45, 7) is 0.252. The summed E-state index contributed by atoms with van der Waals surface area (Å²) in [4.78, 5) is 13.7. The molecule has 0 aromatic heterocycles. The van der Waals surface area contributed by atoms with E-state index in [1.54, 1.807) is 62.7 Å². The number of carbonyl (C=O) groups excluding carboxylic acids is 1. The Morgan fingerprint density at radius 1 is 1.12 bits per heavy atom. The fraction of sp³-hybridized carbons (Fsp3) is 0.278. The smallest absolute Gasteiger partial charge is 0.253 e. The fourth-order valence-electron chi connectivity index (χ4n) is 2.13. The van der Waals surface area contributed by atoms with Crippen molar-refractivity contribution in [1.82, 2.24) is 4.90 Å². The molecule has 128 valence electrons. The van der Waals surface area contributed by atoms with Crippen LogP contribution in [0.3, 0.4) is 0 Å². The second-order valence-electron chi connectivity index (χ2n) is 5.33. The lowest BCUT2D eigenvalue weighted by Crippen LogP contribution is -2.37. The van der Waals surface area contributed by atoms with E-state index < -0.39 is 6.10 Å². The van der Waals surface area contributed by atoms with Gasteiger partial charge in [0.05, 0.1) is 7.11 Å². The minimum atomic E-state index is -0.798. The lowest BCUT2D eigenvalue weighted by molar-refractivity contribution is 0.0563. The number of methoxy groups -OCH3 is 1. The second-order valence-corrected chi connectivity index (χ2v) is 5.77. The number of likely N-dealkylation sites (N-methyl/N-ethyl adjacent to an activating group) is 1. The standard InChI is InChI=1S/C18H20ClNO4/c1-20(18(22)13-3-5-14(19)6-4-13)11-15(21)12-24-17-9-7-16(23-2)8-10-17/h3-10,15,21H,11-12H2,1-2H3. The predicted octanol–water partition coefficient (Wildman–Crippen LogP) is 2.86. The molecule has 0 aliphatic carbocycles. The number of hydrogen-bond donors (Lipinski definition) is 1. The Labute approximate surface area is 146 Å². The van der Waals surface area contributed by atoms with Gasteiger partial charge in [-0.3, -0.25) is 4.79 Å². The van der Waals surface area contributed by atoms with Crippen LogP contribution in [0.4, 0.5) is 0 Å². The highest BCUT2D eigenvalue weighted by atomic mass is 35.5. The third-order valence-corrected chi connectivity index (χ3v) is 3.68. The lowest BCUT2D eigenvalue weighted by Gasteiger charge is -2.21. The number of aliphatic hydroxyl groups is 1. The van der Waals surface area contributed by atoms with Crippen molar-refractivity contribution < 1.29 is 19.4 Å². The van der Waals surface area contributed by atoms with Crippen LogP contribution in [-0.4, -0.2) is 49.3 Å². The van der Waals surface area contributed by atoms with E-state index >= 15 is 0 Å². The summed E-state index contributed by atoms with van der Waals surface area (Å²) in [7, 11) is 3.22. The van der Waals surface area contributed by atoms with Crippen LogP contribution < -0.4 is 9.47 Å². The minimum absolute atomic E-state index is 0.0879. The van der Waals surface area contributed by atoms with E-state index in [1.165, 1.54) is 4.90 Å². The first kappa shape index (κ1) is 18.1. The van der Waals surface area contributed by atoms with E-state index in [0.717, 1.165) is 5.75 Å². The van der Waals surface area contributed by atoms with Crippen molar-refractivity contribution in [2.45, 2.75) is 6.10 Å². The number of ether oxygens (including phenoxy) is 2. The molecule has 0 spiro atoms. The van der Waals surface area contributed by atoms with E-state index in [-0.39, 0.29) is 19.1 Å². The van der Waals surface area contributed by atoms with Gasteiger partial charge in [-0.2, -0.15) is 0 Å². The van der Waals surface area contributed by atoms with Gasteiger partial charge in [-0.15, -0.1) is 0 Å². The summed E-state index contributed by atoms with van der Waals surface area (Å²) < 4.78 is 10.6. The van der Waals surface area contributed by atoms with Gasteiger partial charge < -0.3 is 19.5 Å². The molecule has 1 unspecified atom stereocenters. The molecule has 0 aliphatic rings. The van der Waals surface area contributed by atoms with Gasteiger partial charge in [0.2, 0.25) is 0 Å². The molecule has 1 atom stereocenters. The first-order chi connectivity index (χ1) is 11.5. The Morgan fingerprint density at radius 3 is 2.29 bits per heavy atom. The van der Waals surface area contributed by atoms with Crippen LogP contribution in [0.2, 0.25) is 5.02 Å². The maximum atomic E-state index is 12.3. The highest BCUT2D eigenvalue weighted by molar-refractivity contribution is 6.30. The SMILES string of the molecule is COc1ccc(OCC(O)CN(C)C(=O)c2ccc(Cl)cc2)cc1. The summed E-state index contributed by atoms with van der Waals surface area (Å²) in [6.07, 6.45) is -0.798. The second kappa shape index (κ2) is 8.57. The summed E-state index contributed by atoms with van der Waals surface area (Å²) in [6, 6.07) is 13.7. The molecular weight excluding hydrogens is 330 g/mol. The molecule has 6 heteroatoms. The van der Waals surface area contributed by atoms with Gasteiger partial charge in [-0.25, -0.2) is 0 Å². The molecule has 0 saturated carbocycles. The van der Waals surface area contributed by atoms with E-state index in [0.29, 0.717) is 16.3 Å². The zero-order valence-corrected chi connectivity index (χ0v) is 14.4. The maximum Gasteiger partial charge on any atom is 0.253 e. The van der Waals surface area contributed by atoms with E-state index in [4.69, 9.17) is 21.1 Å². The summed E-state index contributed by atoms with van der Waals surface area (Å²) >= 11 is 5.81. The molecule has 2 rings (SSSR count). The van der Waals surface area contributed by atoms with Crippen LogP contribution in [0, 0.1) is 0 Å². The quantitative estimate of drug-likeness (QED) is 0.835. The molecular formula is C18H20ClNO4. The third-order valence-electron chi connectivity index (χ3n) is 3.42. The van der Waals surface area contributed by atoms with Gasteiger partial charge in [-0.05, 0) is 48.5 Å². The van der Waals surface area contributed by atoms with Crippen molar-refractivity contribution in [2.75, 3.05) is 27.3 Å². The van der Waals surface area contributed by atoms with Gasteiger partial charge in [0.1, 0.15) is 24.2 Å². The number of hydrogen-bond acceptors (Lipinski definition) is 4.